The van der Waals surface area contributed by atoms with Crippen molar-refractivity contribution in [1.29, 1.82) is 0 Å². The molecular weight excluding hydrogens is 548 g/mol. The minimum atomic E-state index is -0.747. The molecule has 228 valence electrons. The van der Waals surface area contributed by atoms with Gasteiger partial charge in [-0.3, -0.25) is 19.2 Å². The van der Waals surface area contributed by atoms with Gasteiger partial charge in [0.2, 0.25) is 11.8 Å². The summed E-state index contributed by atoms with van der Waals surface area (Å²) in [5.41, 5.74) is 3.21. The van der Waals surface area contributed by atoms with Crippen LogP contribution in [0.15, 0.2) is 36.7 Å². The van der Waals surface area contributed by atoms with Crippen LogP contribution in [0.4, 0.5) is 0 Å². The number of carbonyl (C=O) groups is 4. The molecule has 43 heavy (non-hydrogen) atoms. The lowest BCUT2D eigenvalue weighted by Gasteiger charge is -2.25. The molecule has 11 heteroatoms. The number of fused-ring (bicyclic) bond motifs is 5. The van der Waals surface area contributed by atoms with E-state index in [1.165, 1.54) is 4.90 Å². The second kappa shape index (κ2) is 13.3. The van der Waals surface area contributed by atoms with Gasteiger partial charge in [0, 0.05) is 55.3 Å². The zero-order valence-corrected chi connectivity index (χ0v) is 25.1. The van der Waals surface area contributed by atoms with Gasteiger partial charge in [-0.05, 0) is 56.2 Å². The molecule has 1 atom stereocenters. The first-order valence-corrected chi connectivity index (χ1v) is 15.1. The molecule has 5 rings (SSSR count). The summed E-state index contributed by atoms with van der Waals surface area (Å²) in [5.74, 6) is 0.555. The molecule has 2 aliphatic rings. The molecular formula is C32H40N6O5. The van der Waals surface area contributed by atoms with Crippen LogP contribution in [0.3, 0.4) is 0 Å². The van der Waals surface area contributed by atoms with Gasteiger partial charge >= 0.3 is 0 Å². The number of Topliss-reactive ketones (excluding diaryl/α,β-unsaturated/α-hetero) is 1. The SMILES string of the molecule is Cc1c(C(=O)N2CCCOc3cccc(c3)-c3nccn3CCNC(=O)[C@@H](CC(C)C)NC(=O)C2)[nH]c2c1C(=O)CCC2. The fourth-order valence-corrected chi connectivity index (χ4v) is 5.86. The largest absolute Gasteiger partial charge is 0.494 e. The van der Waals surface area contributed by atoms with E-state index < -0.39 is 11.9 Å². The van der Waals surface area contributed by atoms with Gasteiger partial charge < -0.3 is 29.8 Å². The van der Waals surface area contributed by atoms with E-state index in [0.717, 1.165) is 23.5 Å². The summed E-state index contributed by atoms with van der Waals surface area (Å²) in [4.78, 5) is 62.2. The third kappa shape index (κ3) is 6.98. The summed E-state index contributed by atoms with van der Waals surface area (Å²) in [6.07, 6.45) is 6.41. The second-order valence-corrected chi connectivity index (χ2v) is 11.7. The predicted octanol–water partition coefficient (Wildman–Crippen LogP) is 3.28. The van der Waals surface area contributed by atoms with Gasteiger partial charge in [0.15, 0.2) is 5.78 Å². The predicted molar refractivity (Wildman–Crippen MR) is 161 cm³/mol. The van der Waals surface area contributed by atoms with Crippen LogP contribution < -0.4 is 15.4 Å². The summed E-state index contributed by atoms with van der Waals surface area (Å²) in [5, 5.41) is 5.82. The van der Waals surface area contributed by atoms with Crippen molar-refractivity contribution in [3.63, 3.8) is 0 Å². The van der Waals surface area contributed by atoms with Crippen LogP contribution in [-0.2, 0) is 22.6 Å². The average Bonchev–Trinajstić information content (AvgIpc) is 3.58. The quantitative estimate of drug-likeness (QED) is 0.429. The van der Waals surface area contributed by atoms with E-state index in [0.29, 0.717) is 68.0 Å². The van der Waals surface area contributed by atoms with Crippen LogP contribution in [0.1, 0.15) is 71.6 Å². The summed E-state index contributed by atoms with van der Waals surface area (Å²) >= 11 is 0. The molecule has 2 aromatic heterocycles. The number of amides is 3. The molecule has 3 aromatic rings. The second-order valence-electron chi connectivity index (χ2n) is 11.7. The number of nitrogens with zero attached hydrogens (tertiary/aromatic N) is 3. The van der Waals surface area contributed by atoms with Crippen LogP contribution in [0.2, 0.25) is 0 Å². The highest BCUT2D eigenvalue weighted by atomic mass is 16.5. The Morgan fingerprint density at radius 2 is 1.98 bits per heavy atom. The number of carbonyl (C=O) groups excluding carboxylic acids is 4. The molecule has 0 unspecified atom stereocenters. The normalized spacial score (nSPS) is 18.6. The Morgan fingerprint density at radius 1 is 1.14 bits per heavy atom. The fraction of sp³-hybridized carbons (Fsp3) is 0.469. The molecule has 11 nitrogen and oxygen atoms in total. The molecule has 0 radical (unpaired) electrons. The van der Waals surface area contributed by atoms with Gasteiger partial charge in [0.05, 0.1) is 13.2 Å². The highest BCUT2D eigenvalue weighted by molar-refractivity contribution is 6.04. The van der Waals surface area contributed by atoms with Gasteiger partial charge in [-0.15, -0.1) is 0 Å². The average molecular weight is 589 g/mol. The van der Waals surface area contributed by atoms with E-state index in [9.17, 15) is 19.2 Å². The van der Waals surface area contributed by atoms with Crippen molar-refractivity contribution in [3.05, 3.63) is 59.2 Å². The first kappa shape index (κ1) is 30.1. The number of ketones is 1. The van der Waals surface area contributed by atoms with Crippen molar-refractivity contribution in [2.45, 2.75) is 65.5 Å². The number of aryl methyl sites for hydroxylation is 1. The van der Waals surface area contributed by atoms with Gasteiger partial charge in [-0.1, -0.05) is 26.0 Å². The summed E-state index contributed by atoms with van der Waals surface area (Å²) in [6, 6.07) is 6.89. The van der Waals surface area contributed by atoms with E-state index in [-0.39, 0.29) is 36.6 Å². The lowest BCUT2D eigenvalue weighted by Crippen LogP contribution is -2.51. The molecule has 3 N–H and O–H groups in total. The summed E-state index contributed by atoms with van der Waals surface area (Å²) in [7, 11) is 0. The molecule has 1 aliphatic heterocycles. The number of H-pyrrole nitrogens is 1. The Balaban J connectivity index is 1.41. The minimum Gasteiger partial charge on any atom is -0.494 e. The fourth-order valence-electron chi connectivity index (χ4n) is 5.86. The zero-order chi connectivity index (χ0) is 30.5. The third-order valence-electron chi connectivity index (χ3n) is 7.93. The van der Waals surface area contributed by atoms with Crippen molar-refractivity contribution in [2.75, 3.05) is 26.2 Å². The Bertz CT molecular complexity index is 1510. The molecule has 0 spiro atoms. The molecule has 0 saturated carbocycles. The molecule has 1 aromatic carbocycles. The highest BCUT2D eigenvalue weighted by Gasteiger charge is 2.30. The molecule has 2 bridgehead atoms. The Morgan fingerprint density at radius 3 is 2.77 bits per heavy atom. The number of imidazole rings is 1. The molecule has 0 saturated heterocycles. The van der Waals surface area contributed by atoms with E-state index in [1.54, 1.807) is 13.1 Å². The van der Waals surface area contributed by atoms with Gasteiger partial charge in [0.25, 0.3) is 5.91 Å². The number of aromatic amines is 1. The van der Waals surface area contributed by atoms with E-state index in [4.69, 9.17) is 4.74 Å². The maximum Gasteiger partial charge on any atom is 0.271 e. The van der Waals surface area contributed by atoms with Crippen molar-refractivity contribution >= 4 is 23.5 Å². The Hall–Kier alpha value is -4.41. The Kier molecular flexibility index (Phi) is 9.27. The first-order valence-electron chi connectivity index (χ1n) is 15.1. The van der Waals surface area contributed by atoms with Gasteiger partial charge in [0.1, 0.15) is 23.3 Å². The van der Waals surface area contributed by atoms with Crippen LogP contribution >= 0.6 is 0 Å². The van der Waals surface area contributed by atoms with E-state index >= 15 is 0 Å². The standard InChI is InChI=1S/C32H40N6O5/c1-20(2)17-25-31(41)34-12-15-37-14-11-33-30(37)22-7-4-8-23(18-22)43-16-6-13-38(19-27(40)35-25)32(42)29-21(3)28-24(36-29)9-5-10-26(28)39/h4,7-8,11,14,18,20,25,36H,5-6,9-10,12-13,15-17,19H2,1-3H3,(H,34,41)(H,35,40)/t25-/m1/s1. The number of aromatic nitrogens is 3. The van der Waals surface area contributed by atoms with Crippen LogP contribution in [0.5, 0.6) is 5.75 Å². The van der Waals surface area contributed by atoms with E-state index in [1.807, 2.05) is 48.9 Å². The molecule has 1 aliphatic carbocycles. The Labute approximate surface area is 251 Å². The van der Waals surface area contributed by atoms with Crippen LogP contribution in [0, 0.1) is 12.8 Å². The number of hydrogen-bond acceptors (Lipinski definition) is 6. The number of rotatable bonds is 3. The first-order chi connectivity index (χ1) is 20.7. The van der Waals surface area contributed by atoms with Crippen molar-refractivity contribution in [1.82, 2.24) is 30.1 Å². The highest BCUT2D eigenvalue weighted by Crippen LogP contribution is 2.27. The van der Waals surface area contributed by atoms with Crippen molar-refractivity contribution in [3.8, 4) is 17.1 Å². The van der Waals surface area contributed by atoms with Gasteiger partial charge in [-0.25, -0.2) is 4.98 Å². The maximum absolute atomic E-state index is 13.8. The number of nitrogens with one attached hydrogen (secondary N) is 3. The van der Waals surface area contributed by atoms with Crippen molar-refractivity contribution < 1.29 is 23.9 Å². The zero-order valence-electron chi connectivity index (χ0n) is 25.1. The number of hydrogen-bond donors (Lipinski definition) is 3. The lowest BCUT2D eigenvalue weighted by molar-refractivity contribution is -0.129. The maximum atomic E-state index is 13.8. The summed E-state index contributed by atoms with van der Waals surface area (Å²) in [6.45, 7) is 6.94. The van der Waals surface area contributed by atoms with Crippen LogP contribution in [-0.4, -0.2) is 75.2 Å². The smallest absolute Gasteiger partial charge is 0.271 e. The molecule has 3 heterocycles. The minimum absolute atomic E-state index is 0.0344. The monoisotopic (exact) mass is 588 g/mol. The topological polar surface area (TPSA) is 138 Å². The summed E-state index contributed by atoms with van der Waals surface area (Å²) < 4.78 is 8.01. The van der Waals surface area contributed by atoms with Crippen molar-refractivity contribution in [2.24, 2.45) is 5.92 Å². The number of benzene rings is 1. The number of ether oxygens (including phenoxy) is 1. The molecule has 0 fully saturated rings. The van der Waals surface area contributed by atoms with E-state index in [2.05, 4.69) is 20.6 Å². The lowest BCUT2D eigenvalue weighted by atomic mass is 9.94. The van der Waals surface area contributed by atoms with Crippen LogP contribution in [0.25, 0.3) is 11.4 Å². The van der Waals surface area contributed by atoms with Gasteiger partial charge in [-0.2, -0.15) is 0 Å². The molecule has 3 amide bonds. The third-order valence-corrected chi connectivity index (χ3v) is 7.93.